The van der Waals surface area contributed by atoms with Crippen LogP contribution in [0, 0.1) is 5.82 Å². The van der Waals surface area contributed by atoms with Crippen LogP contribution in [0.25, 0.3) is 0 Å². The number of nitrogens with two attached hydrogens (primary N) is 1. The van der Waals surface area contributed by atoms with Gasteiger partial charge in [-0.25, -0.2) is 9.38 Å². The molecule has 0 spiro atoms. The highest BCUT2D eigenvalue weighted by atomic mass is 35.5. The molecule has 0 aliphatic carbocycles. The van der Waals surface area contributed by atoms with Crippen LogP contribution in [0.2, 0.25) is 5.02 Å². The van der Waals surface area contributed by atoms with E-state index < -0.39 is 36.5 Å². The fraction of sp³-hybridized carbons (Fsp3) is 0.333. The van der Waals surface area contributed by atoms with Crippen molar-refractivity contribution in [1.82, 2.24) is 4.57 Å². The van der Waals surface area contributed by atoms with E-state index in [2.05, 4.69) is 10.1 Å². The third-order valence-corrected chi connectivity index (χ3v) is 5.26. The summed E-state index contributed by atoms with van der Waals surface area (Å²) >= 11 is 5.85. The quantitative estimate of drug-likeness (QED) is 0.443. The van der Waals surface area contributed by atoms with Gasteiger partial charge >= 0.3 is 0 Å². The van der Waals surface area contributed by atoms with Gasteiger partial charge in [0.05, 0.1) is 5.56 Å². The number of amidine groups is 1. The summed E-state index contributed by atoms with van der Waals surface area (Å²) in [4.78, 5) is 3.96. The third-order valence-electron chi connectivity index (χ3n) is 5.01. The van der Waals surface area contributed by atoms with E-state index in [-0.39, 0.29) is 17.8 Å². The second-order valence-corrected chi connectivity index (χ2v) is 7.08. The number of aliphatic hydroxyl groups is 3. The number of hydrazone groups is 1. The van der Waals surface area contributed by atoms with E-state index in [0.29, 0.717) is 16.3 Å². The van der Waals surface area contributed by atoms with Gasteiger partial charge in [0.15, 0.2) is 17.9 Å². The Morgan fingerprint density at radius 3 is 2.68 bits per heavy atom. The van der Waals surface area contributed by atoms with E-state index in [1.165, 1.54) is 10.8 Å². The lowest BCUT2D eigenvalue weighted by Crippen LogP contribution is -2.35. The van der Waals surface area contributed by atoms with Gasteiger partial charge in [-0.2, -0.15) is 5.10 Å². The highest BCUT2D eigenvalue weighted by Crippen LogP contribution is 2.38. The van der Waals surface area contributed by atoms with Gasteiger partial charge < -0.3 is 30.5 Å². The van der Waals surface area contributed by atoms with Crippen molar-refractivity contribution in [3.63, 3.8) is 0 Å². The summed E-state index contributed by atoms with van der Waals surface area (Å²) in [6.07, 6.45) is -3.30. The molecule has 0 saturated carbocycles. The Morgan fingerprint density at radius 2 is 2.00 bits per heavy atom. The van der Waals surface area contributed by atoms with E-state index in [0.717, 1.165) is 6.20 Å². The highest BCUT2D eigenvalue weighted by Gasteiger charge is 2.48. The molecule has 1 aromatic heterocycles. The van der Waals surface area contributed by atoms with Gasteiger partial charge in [-0.1, -0.05) is 23.7 Å². The lowest BCUT2D eigenvalue weighted by molar-refractivity contribution is -0.0865. The SMILES string of the molecule is N/N=C1/N=CCc2c1c(F)cn2[C@@H]1O[C@H]([C@H](O)c2ccc(Cl)cc2)[C@@H](O)[C@H]1O. The van der Waals surface area contributed by atoms with Crippen LogP contribution in [-0.2, 0) is 11.2 Å². The molecule has 4 rings (SSSR count). The van der Waals surface area contributed by atoms with Gasteiger partial charge in [-0.05, 0) is 17.7 Å². The summed E-state index contributed by atoms with van der Waals surface area (Å²) in [5.74, 6) is 4.68. The smallest absolute Gasteiger partial charge is 0.183 e. The van der Waals surface area contributed by atoms with E-state index in [4.69, 9.17) is 22.2 Å². The molecular weight excluding hydrogens is 391 g/mol. The van der Waals surface area contributed by atoms with Crippen molar-refractivity contribution in [2.24, 2.45) is 15.9 Å². The molecule has 1 aromatic carbocycles. The Labute approximate surface area is 164 Å². The molecule has 2 aliphatic rings. The number of aliphatic imine (C=N–C) groups is 1. The first-order valence-corrected chi connectivity index (χ1v) is 8.95. The monoisotopic (exact) mass is 408 g/mol. The molecule has 1 fully saturated rings. The minimum absolute atomic E-state index is 0.0308. The van der Waals surface area contributed by atoms with Crippen LogP contribution < -0.4 is 5.84 Å². The molecule has 1 saturated heterocycles. The molecule has 0 amide bonds. The maximum absolute atomic E-state index is 14.5. The Balaban J connectivity index is 1.65. The topological polar surface area (TPSA) is 126 Å². The van der Waals surface area contributed by atoms with Crippen LogP contribution >= 0.6 is 11.6 Å². The number of aromatic nitrogens is 1. The summed E-state index contributed by atoms with van der Waals surface area (Å²) in [5.41, 5.74) is 1.04. The standard InChI is InChI=1S/C18H18ClFN4O4/c19-9-3-1-8(2-4-9)13(25)16-14(26)15(27)18(28-16)24-7-10(20)12-11(24)5-6-22-17(12)23-21/h1-4,6-7,13-16,18,25-27H,5,21H2/b23-17+/t13-,14+,15-,16-,18-/m1/s1. The number of fused-ring (bicyclic) bond motifs is 1. The van der Waals surface area contributed by atoms with Crippen LogP contribution in [-0.4, -0.2) is 50.2 Å². The molecule has 10 heteroatoms. The van der Waals surface area contributed by atoms with Crippen LogP contribution in [0.4, 0.5) is 4.39 Å². The zero-order valence-corrected chi connectivity index (χ0v) is 15.2. The van der Waals surface area contributed by atoms with E-state index in [9.17, 15) is 19.7 Å². The number of nitrogens with zero attached hydrogens (tertiary/aromatic N) is 3. The third kappa shape index (κ3) is 3.01. The van der Waals surface area contributed by atoms with Crippen molar-refractivity contribution in [2.75, 3.05) is 0 Å². The fourth-order valence-electron chi connectivity index (χ4n) is 3.61. The highest BCUT2D eigenvalue weighted by molar-refractivity contribution is 6.30. The number of aliphatic hydroxyl groups excluding tert-OH is 3. The number of hydrogen-bond donors (Lipinski definition) is 4. The van der Waals surface area contributed by atoms with E-state index >= 15 is 0 Å². The van der Waals surface area contributed by atoms with Crippen molar-refractivity contribution in [3.8, 4) is 0 Å². The predicted octanol–water partition coefficient (Wildman–Crippen LogP) is 0.881. The van der Waals surface area contributed by atoms with Crippen LogP contribution in [0.1, 0.15) is 29.2 Å². The molecule has 8 nitrogen and oxygen atoms in total. The van der Waals surface area contributed by atoms with E-state index in [1.54, 1.807) is 24.3 Å². The normalized spacial score (nSPS) is 29.2. The van der Waals surface area contributed by atoms with Crippen molar-refractivity contribution < 1.29 is 24.4 Å². The van der Waals surface area contributed by atoms with Gasteiger partial charge in [0, 0.05) is 29.5 Å². The Bertz CT molecular complexity index is 946. The average molecular weight is 409 g/mol. The van der Waals surface area contributed by atoms with Crippen molar-refractivity contribution in [2.45, 2.75) is 37.1 Å². The lowest BCUT2D eigenvalue weighted by Gasteiger charge is -2.22. The Kier molecular flexibility index (Phi) is 4.94. The van der Waals surface area contributed by atoms with Crippen molar-refractivity contribution in [3.05, 3.63) is 58.1 Å². The molecule has 3 heterocycles. The Hall–Kier alpha value is -2.30. The molecule has 148 valence electrons. The van der Waals surface area contributed by atoms with Gasteiger partial charge in [-0.15, -0.1) is 0 Å². The van der Waals surface area contributed by atoms with Crippen LogP contribution in [0.3, 0.4) is 0 Å². The maximum atomic E-state index is 14.5. The first-order valence-electron chi connectivity index (χ1n) is 8.57. The minimum Gasteiger partial charge on any atom is -0.387 e. The average Bonchev–Trinajstić information content (AvgIpc) is 3.19. The number of halogens is 2. The van der Waals surface area contributed by atoms with Crippen LogP contribution in [0.15, 0.2) is 40.6 Å². The zero-order valence-electron chi connectivity index (χ0n) is 14.5. The molecule has 2 aliphatic heterocycles. The second-order valence-electron chi connectivity index (χ2n) is 6.64. The molecule has 5 N–H and O–H groups in total. The summed E-state index contributed by atoms with van der Waals surface area (Å²) in [6, 6.07) is 6.39. The van der Waals surface area contributed by atoms with Gasteiger partial charge in [0.25, 0.3) is 0 Å². The molecule has 2 aromatic rings. The van der Waals surface area contributed by atoms with Crippen molar-refractivity contribution in [1.29, 1.82) is 0 Å². The molecule has 0 radical (unpaired) electrons. The zero-order chi connectivity index (χ0) is 20.0. The molecule has 0 unspecified atom stereocenters. The maximum Gasteiger partial charge on any atom is 0.183 e. The minimum atomic E-state index is -1.39. The first-order chi connectivity index (χ1) is 13.4. The number of rotatable bonds is 3. The first kappa shape index (κ1) is 19.0. The summed E-state index contributed by atoms with van der Waals surface area (Å²) in [6.45, 7) is 0. The van der Waals surface area contributed by atoms with Crippen molar-refractivity contribution >= 4 is 23.7 Å². The fourth-order valence-corrected chi connectivity index (χ4v) is 3.73. The van der Waals surface area contributed by atoms with Crippen LogP contribution in [0.5, 0.6) is 0 Å². The lowest BCUT2D eigenvalue weighted by atomic mass is 9.99. The predicted molar refractivity (Wildman–Crippen MR) is 99.6 cm³/mol. The number of benzene rings is 1. The molecule has 5 atom stereocenters. The number of ether oxygens (including phenoxy) is 1. The number of hydrogen-bond acceptors (Lipinski definition) is 6. The van der Waals surface area contributed by atoms with E-state index in [1.807, 2.05) is 0 Å². The second kappa shape index (κ2) is 7.26. The summed E-state index contributed by atoms with van der Waals surface area (Å²) < 4.78 is 21.6. The largest absolute Gasteiger partial charge is 0.387 e. The van der Waals surface area contributed by atoms with Gasteiger partial charge in [0.1, 0.15) is 24.4 Å². The Morgan fingerprint density at radius 1 is 1.29 bits per heavy atom. The summed E-state index contributed by atoms with van der Waals surface area (Å²) in [7, 11) is 0. The van der Waals surface area contributed by atoms with Gasteiger partial charge in [-0.3, -0.25) is 0 Å². The molecule has 0 bridgehead atoms. The molecule has 28 heavy (non-hydrogen) atoms. The molecular formula is C18H18ClFN4O4. The summed E-state index contributed by atoms with van der Waals surface area (Å²) in [5, 5.41) is 35.5. The van der Waals surface area contributed by atoms with Gasteiger partial charge in [0.2, 0.25) is 0 Å².